The summed E-state index contributed by atoms with van der Waals surface area (Å²) in [5.41, 5.74) is 0.240. The zero-order valence-corrected chi connectivity index (χ0v) is 11.0. The molecule has 0 rings (SSSR count). The highest BCUT2D eigenvalue weighted by Gasteiger charge is 2.25. The monoisotopic (exact) mass is 214 g/mol. The summed E-state index contributed by atoms with van der Waals surface area (Å²) in [6.07, 6.45) is 11.4. The first-order valence-electron chi connectivity index (χ1n) is 6.85. The van der Waals surface area contributed by atoms with Gasteiger partial charge in [0.2, 0.25) is 0 Å². The van der Waals surface area contributed by atoms with Crippen LogP contribution in [-0.4, -0.2) is 11.7 Å². The molecular weight excluding hydrogens is 184 g/mol. The van der Waals surface area contributed by atoms with Crippen LogP contribution in [-0.2, 0) is 0 Å². The number of aliphatic hydroxyl groups excluding tert-OH is 1. The number of hydrogen-bond acceptors (Lipinski definition) is 1. The summed E-state index contributed by atoms with van der Waals surface area (Å²) in [6.45, 7) is 7.09. The van der Waals surface area contributed by atoms with Crippen molar-refractivity contribution in [2.24, 2.45) is 5.41 Å². The molecule has 0 heterocycles. The Morgan fingerprint density at radius 2 is 1.40 bits per heavy atom. The summed E-state index contributed by atoms with van der Waals surface area (Å²) >= 11 is 0. The molecule has 15 heavy (non-hydrogen) atoms. The highest BCUT2D eigenvalue weighted by Crippen LogP contribution is 2.34. The lowest BCUT2D eigenvalue weighted by Crippen LogP contribution is -2.24. The van der Waals surface area contributed by atoms with E-state index in [-0.39, 0.29) is 5.41 Å². The molecule has 0 bridgehead atoms. The van der Waals surface area contributed by atoms with Gasteiger partial charge in [0.25, 0.3) is 0 Å². The van der Waals surface area contributed by atoms with Crippen molar-refractivity contribution in [2.45, 2.75) is 78.6 Å². The lowest BCUT2D eigenvalue weighted by atomic mass is 9.76. The van der Waals surface area contributed by atoms with Crippen LogP contribution in [0.25, 0.3) is 0 Å². The summed E-state index contributed by atoms with van der Waals surface area (Å²) in [5, 5.41) is 9.56. The van der Waals surface area contributed by atoms with Crippen molar-refractivity contribution in [1.82, 2.24) is 0 Å². The van der Waals surface area contributed by atoms with E-state index in [1.165, 1.54) is 51.4 Å². The standard InChI is InChI=1S/C14H30O/c1-4-7-9-10-12-14(6-3,13-15)11-8-5-2/h15H,4-13H2,1-3H3. The highest BCUT2D eigenvalue weighted by molar-refractivity contribution is 4.77. The summed E-state index contributed by atoms with van der Waals surface area (Å²) in [6, 6.07) is 0. The minimum atomic E-state index is 0.240. The van der Waals surface area contributed by atoms with Gasteiger partial charge in [-0.2, -0.15) is 0 Å². The van der Waals surface area contributed by atoms with Gasteiger partial charge >= 0.3 is 0 Å². The van der Waals surface area contributed by atoms with Crippen LogP contribution in [0.2, 0.25) is 0 Å². The molecule has 0 aliphatic rings. The van der Waals surface area contributed by atoms with Gasteiger partial charge in [-0.05, 0) is 24.7 Å². The number of aliphatic hydroxyl groups is 1. The van der Waals surface area contributed by atoms with E-state index < -0.39 is 0 Å². The molecule has 0 amide bonds. The van der Waals surface area contributed by atoms with E-state index >= 15 is 0 Å². The van der Waals surface area contributed by atoms with E-state index in [0.717, 1.165) is 6.42 Å². The van der Waals surface area contributed by atoms with Crippen LogP contribution >= 0.6 is 0 Å². The molecule has 0 fully saturated rings. The largest absolute Gasteiger partial charge is 0.396 e. The molecule has 1 nitrogen and oxygen atoms in total. The van der Waals surface area contributed by atoms with E-state index in [1.54, 1.807) is 0 Å². The Hall–Kier alpha value is -0.0400. The first-order valence-corrected chi connectivity index (χ1v) is 6.85. The van der Waals surface area contributed by atoms with Crippen LogP contribution in [0.5, 0.6) is 0 Å². The minimum absolute atomic E-state index is 0.240. The van der Waals surface area contributed by atoms with Crippen molar-refractivity contribution in [1.29, 1.82) is 0 Å². The van der Waals surface area contributed by atoms with Gasteiger partial charge in [-0.15, -0.1) is 0 Å². The molecule has 0 aliphatic heterocycles. The zero-order chi connectivity index (χ0) is 11.6. The second-order valence-corrected chi connectivity index (χ2v) is 4.93. The summed E-state index contributed by atoms with van der Waals surface area (Å²) in [4.78, 5) is 0. The average molecular weight is 214 g/mol. The van der Waals surface area contributed by atoms with Crippen molar-refractivity contribution in [2.75, 3.05) is 6.61 Å². The molecule has 0 aromatic heterocycles. The quantitative estimate of drug-likeness (QED) is 0.529. The van der Waals surface area contributed by atoms with Gasteiger partial charge in [0.1, 0.15) is 0 Å². The van der Waals surface area contributed by atoms with Gasteiger partial charge in [0.15, 0.2) is 0 Å². The third kappa shape index (κ3) is 6.19. The third-order valence-corrected chi connectivity index (χ3v) is 3.71. The Morgan fingerprint density at radius 3 is 1.87 bits per heavy atom. The van der Waals surface area contributed by atoms with Crippen molar-refractivity contribution in [3.8, 4) is 0 Å². The van der Waals surface area contributed by atoms with Crippen molar-refractivity contribution in [3.63, 3.8) is 0 Å². The van der Waals surface area contributed by atoms with Gasteiger partial charge in [-0.1, -0.05) is 59.3 Å². The van der Waals surface area contributed by atoms with E-state index in [9.17, 15) is 5.11 Å². The fourth-order valence-corrected chi connectivity index (χ4v) is 2.23. The second-order valence-electron chi connectivity index (χ2n) is 4.93. The second kappa shape index (κ2) is 9.21. The predicted molar refractivity (Wildman–Crippen MR) is 68.1 cm³/mol. The molecule has 1 atom stereocenters. The van der Waals surface area contributed by atoms with Crippen LogP contribution in [0.15, 0.2) is 0 Å². The molecule has 0 aromatic rings. The molecule has 0 saturated carbocycles. The van der Waals surface area contributed by atoms with Gasteiger partial charge in [0, 0.05) is 6.61 Å². The van der Waals surface area contributed by atoms with Crippen LogP contribution < -0.4 is 0 Å². The average Bonchev–Trinajstić information content (AvgIpc) is 2.29. The molecular formula is C14H30O. The Bertz CT molecular complexity index is 127. The first-order chi connectivity index (χ1) is 7.24. The SMILES string of the molecule is CCCCCCC(CC)(CO)CCCC. The molecule has 0 radical (unpaired) electrons. The van der Waals surface area contributed by atoms with Gasteiger partial charge in [-0.3, -0.25) is 0 Å². The lowest BCUT2D eigenvalue weighted by molar-refractivity contribution is 0.0945. The van der Waals surface area contributed by atoms with Crippen LogP contribution in [0, 0.1) is 5.41 Å². The van der Waals surface area contributed by atoms with E-state index in [2.05, 4.69) is 20.8 Å². The normalized spacial score (nSPS) is 15.2. The molecule has 0 aliphatic carbocycles. The van der Waals surface area contributed by atoms with Crippen LogP contribution in [0.3, 0.4) is 0 Å². The smallest absolute Gasteiger partial charge is 0.0487 e. The van der Waals surface area contributed by atoms with Gasteiger partial charge in [-0.25, -0.2) is 0 Å². The Kier molecular flexibility index (Phi) is 9.18. The molecule has 1 unspecified atom stereocenters. The van der Waals surface area contributed by atoms with Gasteiger partial charge in [0.05, 0.1) is 0 Å². The maximum Gasteiger partial charge on any atom is 0.0487 e. The highest BCUT2D eigenvalue weighted by atomic mass is 16.3. The molecule has 0 saturated heterocycles. The minimum Gasteiger partial charge on any atom is -0.396 e. The fourth-order valence-electron chi connectivity index (χ4n) is 2.23. The molecule has 0 spiro atoms. The molecule has 0 aromatic carbocycles. The maximum absolute atomic E-state index is 9.56. The first kappa shape index (κ1) is 15.0. The van der Waals surface area contributed by atoms with Crippen molar-refractivity contribution in [3.05, 3.63) is 0 Å². The number of hydrogen-bond donors (Lipinski definition) is 1. The van der Waals surface area contributed by atoms with E-state index in [0.29, 0.717) is 6.61 Å². The Balaban J connectivity index is 3.88. The summed E-state index contributed by atoms with van der Waals surface area (Å²) in [7, 11) is 0. The Morgan fingerprint density at radius 1 is 0.800 bits per heavy atom. The van der Waals surface area contributed by atoms with Crippen LogP contribution in [0.4, 0.5) is 0 Å². The van der Waals surface area contributed by atoms with Gasteiger partial charge < -0.3 is 5.11 Å². The molecule has 1 N–H and O–H groups in total. The van der Waals surface area contributed by atoms with Crippen molar-refractivity contribution >= 4 is 0 Å². The van der Waals surface area contributed by atoms with Crippen molar-refractivity contribution < 1.29 is 5.11 Å². The lowest BCUT2D eigenvalue weighted by Gasteiger charge is -2.31. The number of unbranched alkanes of at least 4 members (excludes halogenated alkanes) is 4. The van der Waals surface area contributed by atoms with E-state index in [1.807, 2.05) is 0 Å². The number of rotatable bonds is 10. The van der Waals surface area contributed by atoms with E-state index in [4.69, 9.17) is 0 Å². The third-order valence-electron chi connectivity index (χ3n) is 3.71. The summed E-state index contributed by atoms with van der Waals surface area (Å²) < 4.78 is 0. The molecule has 1 heteroatoms. The zero-order valence-electron chi connectivity index (χ0n) is 11.0. The fraction of sp³-hybridized carbons (Fsp3) is 1.00. The van der Waals surface area contributed by atoms with Crippen LogP contribution in [0.1, 0.15) is 78.6 Å². The maximum atomic E-state index is 9.56. The summed E-state index contributed by atoms with van der Waals surface area (Å²) in [5.74, 6) is 0. The topological polar surface area (TPSA) is 20.2 Å². The predicted octanol–water partition coefficient (Wildman–Crippen LogP) is 4.54. The Labute approximate surface area is 96.3 Å². The molecule has 92 valence electrons.